The van der Waals surface area contributed by atoms with Crippen LogP contribution in [0.25, 0.3) is 0 Å². The molecule has 0 aromatic carbocycles. The van der Waals surface area contributed by atoms with E-state index in [-0.39, 0.29) is 0 Å². The zero-order valence-electron chi connectivity index (χ0n) is 2.96. The summed E-state index contributed by atoms with van der Waals surface area (Å²) in [6.45, 7) is 2.17. The number of hydrogen-bond donors (Lipinski definition) is 0. The summed E-state index contributed by atoms with van der Waals surface area (Å²) < 4.78 is 0.833. The second-order valence-corrected chi connectivity index (χ2v) is 10.0. The summed E-state index contributed by atoms with van der Waals surface area (Å²) in [6, 6.07) is 0. The summed E-state index contributed by atoms with van der Waals surface area (Å²) >= 11 is 4.33. The van der Waals surface area contributed by atoms with Gasteiger partial charge in [0.1, 0.15) is 0 Å². The molecule has 0 aliphatic carbocycles. The molecule has 0 aromatic heterocycles. The van der Waals surface area contributed by atoms with Gasteiger partial charge in [-0.05, 0) is 0 Å². The predicted octanol–water partition coefficient (Wildman–Crippen LogP) is 0.0927. The van der Waals surface area contributed by atoms with Crippen LogP contribution in [-0.2, 0) is 0 Å². The van der Waals surface area contributed by atoms with E-state index in [4.69, 9.17) is 0 Å². The first-order valence-electron chi connectivity index (χ1n) is 1.37. The molecule has 26 valence electrons. The summed E-state index contributed by atoms with van der Waals surface area (Å²) in [5.41, 5.74) is 0. The van der Waals surface area contributed by atoms with Gasteiger partial charge in [0, 0.05) is 0 Å². The van der Waals surface area contributed by atoms with Gasteiger partial charge >= 0.3 is 43.0 Å². The normalized spacial score (nSPS) is 16.5. The molecule has 0 radical (unpaired) electrons. The van der Waals surface area contributed by atoms with E-state index in [0.29, 0.717) is 0 Å². The van der Waals surface area contributed by atoms with Crippen LogP contribution < -0.4 is 0 Å². The Morgan fingerprint density at radius 1 is 2.00 bits per heavy atom. The van der Waals surface area contributed by atoms with E-state index in [0.717, 1.165) is 20.2 Å². The van der Waals surface area contributed by atoms with Gasteiger partial charge in [0.15, 0.2) is 0 Å². The van der Waals surface area contributed by atoms with Crippen molar-refractivity contribution in [1.82, 2.24) is 0 Å². The Hall–Kier alpha value is 1.02. The molecule has 0 N–H and O–H groups in total. The van der Waals surface area contributed by atoms with E-state index >= 15 is 0 Å². The van der Waals surface area contributed by atoms with Gasteiger partial charge in [0.2, 0.25) is 0 Å². The van der Waals surface area contributed by atoms with E-state index in [1.807, 2.05) is 0 Å². The van der Waals surface area contributed by atoms with Crippen molar-refractivity contribution in [1.29, 1.82) is 0 Å². The van der Waals surface area contributed by atoms with Crippen LogP contribution in [0.5, 0.6) is 0 Å². The molecule has 0 saturated carbocycles. The molecule has 0 aliphatic heterocycles. The zero-order chi connectivity index (χ0) is 3.58. The van der Waals surface area contributed by atoms with Crippen molar-refractivity contribution in [3.05, 3.63) is 0 Å². The molecule has 0 fully saturated rings. The molecule has 1 unspecified atom stereocenters. The Kier molecular flexibility index (Phi) is 2.85. The Morgan fingerprint density at radius 3 is 2.00 bits per heavy atom. The van der Waals surface area contributed by atoms with Crippen LogP contribution in [0.1, 0.15) is 6.92 Å². The first-order chi connectivity index (χ1) is 1.73. The zero-order valence-corrected chi connectivity index (χ0v) is 8.74. The molecule has 0 bridgehead atoms. The maximum atomic E-state index is 3.35. The Balaban J connectivity index is 2.32. The second-order valence-electron chi connectivity index (χ2n) is 1.01. The molecule has 0 heterocycles. The van der Waals surface area contributed by atoms with E-state index in [1.54, 1.807) is 0 Å². The van der Waals surface area contributed by atoms with Gasteiger partial charge in [0.25, 0.3) is 0 Å². The summed E-state index contributed by atoms with van der Waals surface area (Å²) in [6.07, 6.45) is 0. The second kappa shape index (κ2) is 2.27. The van der Waals surface area contributed by atoms with Gasteiger partial charge in [-0.3, -0.25) is 0 Å². The van der Waals surface area contributed by atoms with Gasteiger partial charge < -0.3 is 0 Å². The Labute approximate surface area is 43.3 Å². The molecule has 2 heteroatoms. The molecular weight excluding hydrogens is 177 g/mol. The van der Waals surface area contributed by atoms with Crippen molar-refractivity contribution in [3.63, 3.8) is 0 Å². The topological polar surface area (TPSA) is 0 Å². The first-order valence-corrected chi connectivity index (χ1v) is 4.71. The van der Waals surface area contributed by atoms with Crippen LogP contribution in [0.3, 0.4) is 0 Å². The Bertz CT molecular complexity index is 10.8. The molecule has 0 nitrogen and oxygen atoms in total. The van der Waals surface area contributed by atoms with E-state index in [1.165, 1.54) is 0 Å². The van der Waals surface area contributed by atoms with Gasteiger partial charge in [-0.1, -0.05) is 0 Å². The van der Waals surface area contributed by atoms with E-state index in [9.17, 15) is 0 Å². The van der Waals surface area contributed by atoms with Gasteiger partial charge in [0.05, 0.1) is 0 Å². The third-order valence-electron chi connectivity index (χ3n) is 0. The molecule has 1 atom stereocenters. The third-order valence-corrected chi connectivity index (χ3v) is 0. The molecule has 0 spiro atoms. The van der Waals surface area contributed by atoms with E-state index in [2.05, 4.69) is 22.9 Å². The van der Waals surface area contributed by atoms with Gasteiger partial charge in [-0.25, -0.2) is 0 Å². The molecule has 0 aliphatic rings. The first kappa shape index (κ1) is 5.02. The number of hydrogen-bond acceptors (Lipinski definition) is 0. The quantitative estimate of drug-likeness (QED) is 0.369. The minimum atomic E-state index is 0.833. The van der Waals surface area contributed by atoms with Crippen LogP contribution in [0.2, 0.25) is 0 Å². The molecule has 0 aromatic rings. The monoisotopic (exact) mass is 184 g/mol. The summed E-state index contributed by atoms with van der Waals surface area (Å²) in [5, 5.41) is 0. The maximum absolute atomic E-state index is 3.35. The third kappa shape index (κ3) is 11.8. The van der Waals surface area contributed by atoms with Gasteiger partial charge in [-0.15, -0.1) is 0 Å². The summed E-state index contributed by atoms with van der Waals surface area (Å²) in [7, 11) is 0. The summed E-state index contributed by atoms with van der Waals surface area (Å²) in [4.78, 5) is 0. The fraction of sp³-hybridized carbons (Fsp3) is 1.00. The predicted molar refractivity (Wildman–Crippen MR) is 28.3 cm³/mol. The number of rotatable bonds is 0. The van der Waals surface area contributed by atoms with Crippen LogP contribution >= 0.6 is 15.9 Å². The van der Waals surface area contributed by atoms with E-state index < -0.39 is 0 Å². The van der Waals surface area contributed by atoms with Crippen molar-refractivity contribution in [2.75, 3.05) is 0 Å². The van der Waals surface area contributed by atoms with Crippen LogP contribution in [0.15, 0.2) is 0 Å². The van der Waals surface area contributed by atoms with Crippen molar-refractivity contribution in [2.24, 2.45) is 0 Å². The van der Waals surface area contributed by atoms with Crippen molar-refractivity contribution in [3.8, 4) is 0 Å². The molecule has 0 amide bonds. The average molecular weight is 184 g/mol. The van der Waals surface area contributed by atoms with Crippen molar-refractivity contribution in [2.45, 2.75) is 10.6 Å². The minimum absolute atomic E-state index is 0.833. The summed E-state index contributed by atoms with van der Waals surface area (Å²) in [5.74, 6) is 0. The molecule has 4 heavy (non-hydrogen) atoms. The SMILES string of the molecule is C[CH]([GeH3])Br. The van der Waals surface area contributed by atoms with Crippen molar-refractivity contribution >= 4 is 32.4 Å². The molecular formula is C2H7BrGe. The van der Waals surface area contributed by atoms with Crippen LogP contribution in [-0.4, -0.2) is 20.2 Å². The fourth-order valence-corrected chi connectivity index (χ4v) is 0. The Morgan fingerprint density at radius 2 is 2.00 bits per heavy atom. The van der Waals surface area contributed by atoms with Gasteiger partial charge in [-0.2, -0.15) is 0 Å². The number of alkyl halides is 1. The molecule has 0 rings (SSSR count). The van der Waals surface area contributed by atoms with Crippen LogP contribution in [0, 0.1) is 0 Å². The standard InChI is InChI=1S/C2H7BrGe/c1-2(3)4/h2H,1,4H3. The van der Waals surface area contributed by atoms with Crippen molar-refractivity contribution < 1.29 is 0 Å². The fourth-order valence-electron chi connectivity index (χ4n) is 0. The molecule has 0 saturated heterocycles. The number of halogens is 1. The average Bonchev–Trinajstić information content (AvgIpc) is 0.811. The van der Waals surface area contributed by atoms with Crippen LogP contribution in [0.4, 0.5) is 0 Å².